The predicted molar refractivity (Wildman–Crippen MR) is 93.9 cm³/mol. The summed E-state index contributed by atoms with van der Waals surface area (Å²) in [5.41, 5.74) is 2.88. The molecule has 2 rings (SSSR count). The fourth-order valence-corrected chi connectivity index (χ4v) is 2.19. The Hall–Kier alpha value is -3.13. The van der Waals surface area contributed by atoms with E-state index in [0.717, 1.165) is 11.3 Å². The summed E-state index contributed by atoms with van der Waals surface area (Å²) < 4.78 is 0. The first kappa shape index (κ1) is 17.2. The van der Waals surface area contributed by atoms with E-state index in [9.17, 15) is 9.59 Å². The number of hydrogen-bond acceptors (Lipinski definition) is 4. The lowest BCUT2D eigenvalue weighted by Crippen LogP contribution is -2.31. The van der Waals surface area contributed by atoms with Crippen molar-refractivity contribution in [1.82, 2.24) is 0 Å². The molecular weight excluding hydrogens is 302 g/mol. The number of benzene rings is 2. The predicted octanol–water partition coefficient (Wildman–Crippen LogP) is 3.39. The van der Waals surface area contributed by atoms with Gasteiger partial charge in [0.2, 0.25) is 5.91 Å². The number of rotatable bonds is 6. The van der Waals surface area contributed by atoms with Gasteiger partial charge in [-0.3, -0.25) is 9.59 Å². The van der Waals surface area contributed by atoms with Crippen molar-refractivity contribution in [1.29, 1.82) is 5.26 Å². The largest absolute Gasteiger partial charge is 0.374 e. The molecule has 0 spiro atoms. The van der Waals surface area contributed by atoms with Gasteiger partial charge in [0.05, 0.1) is 12.5 Å². The molecule has 2 N–H and O–H groups in total. The van der Waals surface area contributed by atoms with Crippen molar-refractivity contribution in [2.45, 2.75) is 26.3 Å². The van der Waals surface area contributed by atoms with Crippen LogP contribution in [0.4, 0.5) is 11.4 Å². The molecular formula is C19H19N3O2. The van der Waals surface area contributed by atoms with Crippen molar-refractivity contribution in [2.24, 2.45) is 0 Å². The molecule has 2 aromatic rings. The highest BCUT2D eigenvalue weighted by Crippen LogP contribution is 2.14. The van der Waals surface area contributed by atoms with Gasteiger partial charge in [-0.2, -0.15) is 5.26 Å². The zero-order chi connectivity index (χ0) is 17.5. The van der Waals surface area contributed by atoms with Crippen LogP contribution in [0, 0.1) is 11.3 Å². The molecule has 122 valence electrons. The van der Waals surface area contributed by atoms with E-state index < -0.39 is 6.04 Å². The zero-order valence-corrected chi connectivity index (χ0v) is 13.7. The molecule has 0 heterocycles. The monoisotopic (exact) mass is 321 g/mol. The maximum atomic E-state index is 12.3. The van der Waals surface area contributed by atoms with Gasteiger partial charge >= 0.3 is 0 Å². The van der Waals surface area contributed by atoms with Crippen LogP contribution in [0.15, 0.2) is 48.5 Å². The normalized spacial score (nSPS) is 11.2. The third kappa shape index (κ3) is 4.68. The number of hydrogen-bond donors (Lipinski definition) is 2. The third-order valence-corrected chi connectivity index (χ3v) is 3.55. The van der Waals surface area contributed by atoms with Crippen LogP contribution in [0.1, 0.15) is 29.8 Å². The molecule has 1 unspecified atom stereocenters. The van der Waals surface area contributed by atoms with Crippen LogP contribution in [0.25, 0.3) is 0 Å². The van der Waals surface area contributed by atoms with E-state index in [0.29, 0.717) is 17.7 Å². The smallest absolute Gasteiger partial charge is 0.246 e. The van der Waals surface area contributed by atoms with Crippen molar-refractivity contribution in [3.63, 3.8) is 0 Å². The maximum Gasteiger partial charge on any atom is 0.246 e. The molecule has 0 fully saturated rings. The summed E-state index contributed by atoms with van der Waals surface area (Å²) in [6, 6.07) is 15.9. The Morgan fingerprint density at radius 3 is 2.46 bits per heavy atom. The summed E-state index contributed by atoms with van der Waals surface area (Å²) in [6.07, 6.45) is 0.364. The van der Waals surface area contributed by atoms with Gasteiger partial charge in [-0.15, -0.1) is 0 Å². The zero-order valence-electron chi connectivity index (χ0n) is 13.7. The fourth-order valence-electron chi connectivity index (χ4n) is 2.19. The number of carbonyl (C=O) groups excluding carboxylic acids is 2. The van der Waals surface area contributed by atoms with E-state index in [1.165, 1.54) is 6.92 Å². The van der Waals surface area contributed by atoms with Gasteiger partial charge in [-0.25, -0.2) is 0 Å². The molecule has 24 heavy (non-hydrogen) atoms. The summed E-state index contributed by atoms with van der Waals surface area (Å²) in [6.45, 7) is 3.24. The number of carbonyl (C=O) groups is 2. The standard InChI is InChI=1S/C19H19N3O2/c1-13(21-17-8-6-15(7-9-17)10-11-20)19(24)22-18-5-3-4-16(12-18)14(2)23/h3-9,12-13,21H,10H2,1-2H3,(H,22,24). The van der Waals surface area contributed by atoms with E-state index in [2.05, 4.69) is 16.7 Å². The van der Waals surface area contributed by atoms with Crippen LogP contribution >= 0.6 is 0 Å². The summed E-state index contributed by atoms with van der Waals surface area (Å²) in [4.78, 5) is 23.7. The molecule has 0 saturated carbocycles. The van der Waals surface area contributed by atoms with Gasteiger partial charge in [0, 0.05) is 16.9 Å². The van der Waals surface area contributed by atoms with E-state index in [4.69, 9.17) is 5.26 Å². The van der Waals surface area contributed by atoms with Crippen molar-refractivity contribution >= 4 is 23.1 Å². The average Bonchev–Trinajstić information content (AvgIpc) is 2.57. The number of Topliss-reactive ketones (excluding diaryl/α,β-unsaturated/α-hetero) is 1. The molecule has 0 saturated heterocycles. The van der Waals surface area contributed by atoms with E-state index in [-0.39, 0.29) is 11.7 Å². The topological polar surface area (TPSA) is 82.0 Å². The highest BCUT2D eigenvalue weighted by molar-refractivity contribution is 5.99. The molecule has 0 aliphatic heterocycles. The van der Waals surface area contributed by atoms with Crippen molar-refractivity contribution in [3.05, 3.63) is 59.7 Å². The lowest BCUT2D eigenvalue weighted by Gasteiger charge is -2.16. The first-order valence-electron chi connectivity index (χ1n) is 7.64. The fraction of sp³-hybridized carbons (Fsp3) is 0.211. The average molecular weight is 321 g/mol. The van der Waals surface area contributed by atoms with Gasteiger partial charge in [-0.05, 0) is 43.7 Å². The summed E-state index contributed by atoms with van der Waals surface area (Å²) in [5, 5.41) is 14.6. The Morgan fingerprint density at radius 1 is 1.12 bits per heavy atom. The Bertz CT molecular complexity index is 776. The Labute approximate surface area is 141 Å². The molecule has 5 nitrogen and oxygen atoms in total. The van der Waals surface area contributed by atoms with Gasteiger partial charge < -0.3 is 10.6 Å². The van der Waals surface area contributed by atoms with Crippen molar-refractivity contribution in [2.75, 3.05) is 10.6 Å². The van der Waals surface area contributed by atoms with E-state index in [1.807, 2.05) is 24.3 Å². The molecule has 0 bridgehead atoms. The van der Waals surface area contributed by atoms with E-state index in [1.54, 1.807) is 31.2 Å². The minimum absolute atomic E-state index is 0.0465. The van der Waals surface area contributed by atoms with Crippen LogP contribution in [0.5, 0.6) is 0 Å². The number of nitrogens with zero attached hydrogens (tertiary/aromatic N) is 1. The van der Waals surface area contributed by atoms with Crippen molar-refractivity contribution < 1.29 is 9.59 Å². The first-order valence-corrected chi connectivity index (χ1v) is 7.64. The lowest BCUT2D eigenvalue weighted by atomic mass is 10.1. The summed E-state index contributed by atoms with van der Waals surface area (Å²) >= 11 is 0. The number of nitrogens with one attached hydrogen (secondary N) is 2. The summed E-state index contributed by atoms with van der Waals surface area (Å²) in [5.74, 6) is -0.244. The summed E-state index contributed by atoms with van der Waals surface area (Å²) in [7, 11) is 0. The number of anilines is 2. The molecule has 0 aromatic heterocycles. The van der Waals surface area contributed by atoms with E-state index >= 15 is 0 Å². The molecule has 1 atom stereocenters. The van der Waals surface area contributed by atoms with Gasteiger partial charge in [0.1, 0.15) is 6.04 Å². The van der Waals surface area contributed by atoms with Crippen LogP contribution in [-0.4, -0.2) is 17.7 Å². The number of nitriles is 1. The SMILES string of the molecule is CC(=O)c1cccc(NC(=O)C(C)Nc2ccc(CC#N)cc2)c1. The van der Waals surface area contributed by atoms with Crippen LogP contribution < -0.4 is 10.6 Å². The maximum absolute atomic E-state index is 12.3. The second-order valence-electron chi connectivity index (χ2n) is 5.52. The number of amides is 1. The highest BCUT2D eigenvalue weighted by atomic mass is 16.2. The molecule has 0 aliphatic rings. The Kier molecular flexibility index (Phi) is 5.69. The van der Waals surface area contributed by atoms with Crippen LogP contribution in [0.3, 0.4) is 0 Å². The quantitative estimate of drug-likeness (QED) is 0.799. The van der Waals surface area contributed by atoms with Gasteiger partial charge in [-0.1, -0.05) is 24.3 Å². The Balaban J connectivity index is 1.98. The molecule has 5 heteroatoms. The minimum Gasteiger partial charge on any atom is -0.374 e. The molecule has 1 amide bonds. The van der Waals surface area contributed by atoms with Crippen LogP contribution in [-0.2, 0) is 11.2 Å². The van der Waals surface area contributed by atoms with Crippen molar-refractivity contribution in [3.8, 4) is 6.07 Å². The van der Waals surface area contributed by atoms with Gasteiger partial charge in [0.25, 0.3) is 0 Å². The van der Waals surface area contributed by atoms with Crippen LogP contribution in [0.2, 0.25) is 0 Å². The second kappa shape index (κ2) is 7.93. The molecule has 2 aromatic carbocycles. The Morgan fingerprint density at radius 2 is 1.83 bits per heavy atom. The lowest BCUT2D eigenvalue weighted by molar-refractivity contribution is -0.116. The molecule has 0 radical (unpaired) electrons. The highest BCUT2D eigenvalue weighted by Gasteiger charge is 2.13. The second-order valence-corrected chi connectivity index (χ2v) is 5.52. The minimum atomic E-state index is -0.451. The first-order chi connectivity index (χ1) is 11.5. The third-order valence-electron chi connectivity index (χ3n) is 3.55. The molecule has 0 aliphatic carbocycles. The van der Waals surface area contributed by atoms with Gasteiger partial charge in [0.15, 0.2) is 5.78 Å². The number of ketones is 1.